The molecule has 0 bridgehead atoms. The van der Waals surface area contributed by atoms with Gasteiger partial charge in [0.05, 0.1) is 13.7 Å². The van der Waals surface area contributed by atoms with Gasteiger partial charge in [0.25, 0.3) is 5.91 Å². The van der Waals surface area contributed by atoms with Crippen molar-refractivity contribution >= 4 is 5.91 Å². The molecule has 1 aromatic rings. The van der Waals surface area contributed by atoms with Gasteiger partial charge in [-0.1, -0.05) is 0 Å². The lowest BCUT2D eigenvalue weighted by Gasteiger charge is -2.20. The van der Waals surface area contributed by atoms with Crippen LogP contribution in [0.5, 0.6) is 11.5 Å². The minimum atomic E-state index is -1.32. The van der Waals surface area contributed by atoms with Crippen LogP contribution >= 0.6 is 0 Å². The summed E-state index contributed by atoms with van der Waals surface area (Å²) in [5.74, 6) is 0.880. The van der Waals surface area contributed by atoms with Gasteiger partial charge in [-0.05, 0) is 31.2 Å². The lowest BCUT2D eigenvalue weighted by molar-refractivity contribution is -0.124. The van der Waals surface area contributed by atoms with Crippen LogP contribution in [-0.4, -0.2) is 48.6 Å². The Morgan fingerprint density at radius 3 is 2.42 bits per heavy atom. The predicted molar refractivity (Wildman–Crippen MR) is 69.2 cm³/mol. The molecule has 0 spiro atoms. The summed E-state index contributed by atoms with van der Waals surface area (Å²) >= 11 is 0. The lowest BCUT2D eigenvalue weighted by Crippen LogP contribution is -2.44. The number of benzene rings is 1. The number of carbonyl (C=O) groups excluding carboxylic acids is 1. The third-order valence-corrected chi connectivity index (χ3v) is 2.44. The second-order valence-corrected chi connectivity index (χ2v) is 4.40. The minimum absolute atomic E-state index is 0.0334. The summed E-state index contributed by atoms with van der Waals surface area (Å²) in [6, 6.07) is 6.83. The molecular formula is C13H19NO5. The van der Waals surface area contributed by atoms with Crippen molar-refractivity contribution in [3.05, 3.63) is 24.3 Å². The number of aliphatic hydroxyl groups is 2. The molecule has 1 rings (SSSR count). The van der Waals surface area contributed by atoms with Crippen LogP contribution < -0.4 is 14.8 Å². The molecule has 0 radical (unpaired) electrons. The van der Waals surface area contributed by atoms with E-state index in [-0.39, 0.29) is 19.1 Å². The highest BCUT2D eigenvalue weighted by atomic mass is 16.5. The van der Waals surface area contributed by atoms with Crippen LogP contribution in [0.15, 0.2) is 24.3 Å². The Hall–Kier alpha value is -1.79. The third-order valence-electron chi connectivity index (χ3n) is 2.44. The number of rotatable bonds is 7. The van der Waals surface area contributed by atoms with E-state index in [1.54, 1.807) is 31.4 Å². The monoisotopic (exact) mass is 269 g/mol. The molecule has 0 saturated carbocycles. The van der Waals surface area contributed by atoms with Crippen LogP contribution in [-0.2, 0) is 4.79 Å². The predicted octanol–water partition coefficient (Wildman–Crippen LogP) is -0.0665. The topological polar surface area (TPSA) is 88.0 Å². The molecule has 6 heteroatoms. The van der Waals surface area contributed by atoms with Crippen LogP contribution in [0.3, 0.4) is 0 Å². The fourth-order valence-electron chi connectivity index (χ4n) is 1.22. The molecule has 19 heavy (non-hydrogen) atoms. The summed E-state index contributed by atoms with van der Waals surface area (Å²) in [6.45, 7) is 0.812. The van der Waals surface area contributed by atoms with E-state index in [2.05, 4.69) is 5.32 Å². The molecule has 1 atom stereocenters. The highest BCUT2D eigenvalue weighted by molar-refractivity contribution is 5.77. The molecule has 0 aromatic heterocycles. The van der Waals surface area contributed by atoms with E-state index < -0.39 is 12.2 Å². The lowest BCUT2D eigenvalue weighted by atomic mass is 10.1. The van der Waals surface area contributed by atoms with Crippen LogP contribution in [0.4, 0.5) is 0 Å². The number of ether oxygens (including phenoxy) is 2. The van der Waals surface area contributed by atoms with E-state index in [0.717, 1.165) is 0 Å². The van der Waals surface area contributed by atoms with Crippen molar-refractivity contribution in [1.82, 2.24) is 5.32 Å². The number of methoxy groups -OCH3 is 1. The van der Waals surface area contributed by atoms with E-state index >= 15 is 0 Å². The zero-order chi connectivity index (χ0) is 14.3. The summed E-state index contributed by atoms with van der Waals surface area (Å²) in [7, 11) is 1.57. The zero-order valence-electron chi connectivity index (χ0n) is 11.0. The van der Waals surface area contributed by atoms with Gasteiger partial charge in [-0.15, -0.1) is 0 Å². The largest absolute Gasteiger partial charge is 0.497 e. The molecule has 1 unspecified atom stereocenters. The fourth-order valence-corrected chi connectivity index (χ4v) is 1.22. The Morgan fingerprint density at radius 1 is 1.32 bits per heavy atom. The van der Waals surface area contributed by atoms with Crippen molar-refractivity contribution < 1.29 is 24.5 Å². The molecule has 3 N–H and O–H groups in total. The standard InChI is InChI=1S/C13H19NO5/c1-13(17,9-15)8-14-12(16)7-19-11-5-3-10(18-2)4-6-11/h3-6,15,17H,7-9H2,1-2H3,(H,14,16). The third kappa shape index (κ3) is 5.58. The first-order valence-corrected chi connectivity index (χ1v) is 5.83. The molecule has 0 heterocycles. The number of nitrogens with one attached hydrogen (secondary N) is 1. The maximum absolute atomic E-state index is 11.4. The first-order chi connectivity index (χ1) is 8.96. The Bertz CT molecular complexity index is 402. The van der Waals surface area contributed by atoms with Gasteiger partial charge in [-0.25, -0.2) is 0 Å². The van der Waals surface area contributed by atoms with Gasteiger partial charge in [-0.2, -0.15) is 0 Å². The molecule has 6 nitrogen and oxygen atoms in total. The molecule has 0 aliphatic carbocycles. The van der Waals surface area contributed by atoms with Gasteiger partial charge in [0, 0.05) is 6.54 Å². The molecule has 0 saturated heterocycles. The van der Waals surface area contributed by atoms with Crippen LogP contribution in [0.25, 0.3) is 0 Å². The summed E-state index contributed by atoms with van der Waals surface area (Å²) in [5, 5.41) is 20.8. The van der Waals surface area contributed by atoms with Gasteiger partial charge in [0.1, 0.15) is 17.1 Å². The van der Waals surface area contributed by atoms with Crippen molar-refractivity contribution in [2.24, 2.45) is 0 Å². The highest BCUT2D eigenvalue weighted by Gasteiger charge is 2.19. The number of hydrogen-bond acceptors (Lipinski definition) is 5. The molecule has 106 valence electrons. The van der Waals surface area contributed by atoms with Crippen molar-refractivity contribution in [3.8, 4) is 11.5 Å². The Morgan fingerprint density at radius 2 is 1.89 bits per heavy atom. The maximum atomic E-state index is 11.4. The quantitative estimate of drug-likeness (QED) is 0.645. The number of aliphatic hydroxyl groups excluding tert-OH is 1. The van der Waals surface area contributed by atoms with Crippen molar-refractivity contribution in [2.75, 3.05) is 26.9 Å². The molecule has 0 aliphatic rings. The summed E-state index contributed by atoms with van der Waals surface area (Å²) in [5.41, 5.74) is -1.32. The van der Waals surface area contributed by atoms with Crippen molar-refractivity contribution in [3.63, 3.8) is 0 Å². The summed E-state index contributed by atoms with van der Waals surface area (Å²) in [4.78, 5) is 11.4. The van der Waals surface area contributed by atoms with E-state index in [1.165, 1.54) is 6.92 Å². The molecular weight excluding hydrogens is 250 g/mol. The maximum Gasteiger partial charge on any atom is 0.258 e. The van der Waals surface area contributed by atoms with Gasteiger partial charge < -0.3 is 25.0 Å². The number of amides is 1. The van der Waals surface area contributed by atoms with E-state index in [0.29, 0.717) is 11.5 Å². The highest BCUT2D eigenvalue weighted by Crippen LogP contribution is 2.16. The SMILES string of the molecule is COc1ccc(OCC(=O)NCC(C)(O)CO)cc1. The van der Waals surface area contributed by atoms with E-state index in [4.69, 9.17) is 14.6 Å². The van der Waals surface area contributed by atoms with Gasteiger partial charge in [0.2, 0.25) is 0 Å². The zero-order valence-corrected chi connectivity index (χ0v) is 11.0. The normalized spacial score (nSPS) is 13.5. The molecule has 1 amide bonds. The summed E-state index contributed by atoms with van der Waals surface area (Å²) in [6.07, 6.45) is 0. The van der Waals surface area contributed by atoms with Crippen molar-refractivity contribution in [1.29, 1.82) is 0 Å². The molecule has 0 aliphatic heterocycles. The Kier molecular flexibility index (Phi) is 5.59. The Labute approximate surface area is 112 Å². The van der Waals surface area contributed by atoms with Crippen LogP contribution in [0.2, 0.25) is 0 Å². The number of hydrogen-bond donors (Lipinski definition) is 3. The van der Waals surface area contributed by atoms with E-state index in [1.807, 2.05) is 0 Å². The summed E-state index contributed by atoms with van der Waals surface area (Å²) < 4.78 is 10.3. The minimum Gasteiger partial charge on any atom is -0.497 e. The Balaban J connectivity index is 2.33. The molecule has 0 fully saturated rings. The van der Waals surface area contributed by atoms with Crippen molar-refractivity contribution in [2.45, 2.75) is 12.5 Å². The van der Waals surface area contributed by atoms with Gasteiger partial charge >= 0.3 is 0 Å². The van der Waals surface area contributed by atoms with Crippen LogP contribution in [0.1, 0.15) is 6.92 Å². The first-order valence-electron chi connectivity index (χ1n) is 5.83. The van der Waals surface area contributed by atoms with Gasteiger partial charge in [-0.3, -0.25) is 4.79 Å². The first kappa shape index (κ1) is 15.3. The second-order valence-electron chi connectivity index (χ2n) is 4.40. The average molecular weight is 269 g/mol. The second kappa shape index (κ2) is 6.96. The van der Waals surface area contributed by atoms with Gasteiger partial charge in [0.15, 0.2) is 6.61 Å². The van der Waals surface area contributed by atoms with E-state index in [9.17, 15) is 9.90 Å². The molecule has 1 aromatic carbocycles. The van der Waals surface area contributed by atoms with Crippen LogP contribution in [0, 0.1) is 0 Å². The fraction of sp³-hybridized carbons (Fsp3) is 0.462. The number of carbonyl (C=O) groups is 1. The average Bonchev–Trinajstić information content (AvgIpc) is 2.43. The smallest absolute Gasteiger partial charge is 0.258 e.